The number of pyridine rings is 4. The summed E-state index contributed by atoms with van der Waals surface area (Å²) in [7, 11) is 0. The highest BCUT2D eigenvalue weighted by molar-refractivity contribution is 6.03. The number of benzene rings is 5. The van der Waals surface area contributed by atoms with Crippen molar-refractivity contribution in [1.29, 1.82) is 0 Å². The maximum absolute atomic E-state index is 14.1. The van der Waals surface area contributed by atoms with Crippen molar-refractivity contribution in [3.63, 3.8) is 0 Å². The van der Waals surface area contributed by atoms with E-state index < -0.39 is 164 Å². The number of hydrogen-bond donors (Lipinski definition) is 5. The largest absolute Gasteiger partial charge is 0.503 e. The van der Waals surface area contributed by atoms with E-state index >= 15 is 0 Å². The summed E-state index contributed by atoms with van der Waals surface area (Å²) in [6.45, 7) is 2.33. The molecule has 146 heavy (non-hydrogen) atoms. The molecule has 4 aromatic heterocycles. The summed E-state index contributed by atoms with van der Waals surface area (Å²) in [6, 6.07) is 22.5. The SMILES string of the molecule is C.C.C.C.C.C.CCOC(=O)c1cn2c(c(OCc3ccccc3)c1=O)C(=O)N1C3CC([C@@H]4C[C@H]34)[C@@H]1C2.O=C(NCc1cc(F)c(F)cc1F)c1cn2c(c(O)c1=O)C(=O)N1C3CC([C@@H]4C[C@H]34)[C@@H]1C2.O=C(NCc1cc(F)c(F)cc1F)c1cn2c(c(O)c1=O)C(=O)N1C3CC([C@@H]4C[C@H]34)[C@@H]1C2.O=C(NCc1cc(F)c(F)cc1F)c1cn2c(c(OCc3ccccc3)c1=O)C(=O)N1C3CC([C@@H]4C[C@H]34)[C@@H]1C2.O=CC(F)(F)F. The van der Waals surface area contributed by atoms with Gasteiger partial charge < -0.3 is 78.2 Å². The zero-order chi connectivity index (χ0) is 98.4. The second kappa shape index (κ2) is 39.9. The predicted molar refractivity (Wildman–Crippen MR) is 502 cm³/mol. The van der Waals surface area contributed by atoms with Gasteiger partial charge in [-0.3, -0.25) is 57.5 Å². The van der Waals surface area contributed by atoms with Crippen molar-refractivity contribution < 1.29 is 120 Å². The molecule has 8 bridgehead atoms. The minimum Gasteiger partial charge on any atom is -0.503 e. The van der Waals surface area contributed by atoms with E-state index in [-0.39, 0.29) is 187 Å². The second-order valence-corrected chi connectivity index (χ2v) is 38.6. The van der Waals surface area contributed by atoms with Crippen LogP contribution in [-0.2, 0) is 68.6 Å². The first-order valence-electron chi connectivity index (χ1n) is 46.0. The second-order valence-electron chi connectivity index (χ2n) is 38.6. The molecule has 20 atom stereocenters. The predicted octanol–water partition coefficient (Wildman–Crippen LogP) is 14.2. The van der Waals surface area contributed by atoms with E-state index in [2.05, 4.69) is 16.0 Å². The Labute approximate surface area is 828 Å². The number of nitrogens with zero attached hydrogens (tertiary/aromatic N) is 8. The summed E-state index contributed by atoms with van der Waals surface area (Å²) in [5.74, 6) is -10.9. The molecule has 25 rings (SSSR count). The Morgan fingerprint density at radius 1 is 0.356 bits per heavy atom. The van der Waals surface area contributed by atoms with E-state index in [0.29, 0.717) is 128 Å². The lowest BCUT2D eigenvalue weighted by molar-refractivity contribution is -0.156. The van der Waals surface area contributed by atoms with Crippen LogP contribution in [0, 0.1) is 123 Å². The van der Waals surface area contributed by atoms with Gasteiger partial charge in [0.05, 0.1) is 30.8 Å². The third kappa shape index (κ3) is 18.1. The average molecular weight is 2040 g/mol. The first kappa shape index (κ1) is 106. The summed E-state index contributed by atoms with van der Waals surface area (Å²) in [4.78, 5) is 173. The number of carbonyl (C=O) groups is 9. The van der Waals surface area contributed by atoms with E-state index in [1.54, 1.807) is 25.9 Å². The number of piperidine rings is 4. The first-order valence-corrected chi connectivity index (χ1v) is 46.0. The molecule has 0 spiro atoms. The van der Waals surface area contributed by atoms with Gasteiger partial charge in [-0.05, 0) is 159 Å². The Hall–Kier alpha value is -14.3. The first-order chi connectivity index (χ1) is 67.0. The van der Waals surface area contributed by atoms with Crippen molar-refractivity contribution in [3.05, 3.63) is 288 Å². The zero-order valence-electron chi connectivity index (χ0n) is 73.9. The molecule has 12 heterocycles. The fourth-order valence-corrected chi connectivity index (χ4v) is 25.0. The Morgan fingerprint density at radius 2 is 0.610 bits per heavy atom. The molecule has 29 nitrogen and oxygen atoms in total. The lowest BCUT2D eigenvalue weighted by Gasteiger charge is -2.40. The van der Waals surface area contributed by atoms with Gasteiger partial charge in [-0.15, -0.1) is 0 Å². The van der Waals surface area contributed by atoms with Gasteiger partial charge in [0, 0.05) is 130 Å². The molecule has 8 saturated carbocycles. The third-order valence-electron chi connectivity index (χ3n) is 31.3. The molecule has 7 amide bonds. The fourth-order valence-electron chi connectivity index (χ4n) is 25.0. The van der Waals surface area contributed by atoms with Gasteiger partial charge in [-0.2, -0.15) is 13.2 Å². The van der Waals surface area contributed by atoms with Gasteiger partial charge in [0.15, 0.2) is 80.7 Å². The van der Waals surface area contributed by atoms with Crippen LogP contribution in [0.1, 0.15) is 214 Å². The van der Waals surface area contributed by atoms with Gasteiger partial charge in [-0.1, -0.05) is 105 Å². The van der Waals surface area contributed by atoms with Gasteiger partial charge >= 0.3 is 12.1 Å². The summed E-state index contributed by atoms with van der Waals surface area (Å²) >= 11 is 0. The van der Waals surface area contributed by atoms with Gasteiger partial charge in [0.2, 0.25) is 28.0 Å². The normalized spacial score (nSPS) is 26.2. The maximum Gasteiger partial charge on any atom is 0.446 e. The number of rotatable bonds is 17. The van der Waals surface area contributed by atoms with Crippen LogP contribution in [0.2, 0.25) is 0 Å². The highest BCUT2D eigenvalue weighted by Gasteiger charge is 2.71. The molecule has 5 aromatic carbocycles. The number of carbonyl (C=O) groups excluding carboxylic acids is 9. The van der Waals surface area contributed by atoms with E-state index in [1.807, 2.05) is 70.5 Å². The van der Waals surface area contributed by atoms with Crippen molar-refractivity contribution >= 4 is 53.6 Å². The molecule has 41 heteroatoms. The Kier molecular flexibility index (Phi) is 29.0. The van der Waals surface area contributed by atoms with Gasteiger partial charge in [0.1, 0.15) is 52.9 Å². The number of esters is 1. The smallest absolute Gasteiger partial charge is 0.446 e. The molecule has 16 aliphatic rings. The lowest BCUT2D eigenvalue weighted by atomic mass is 9.94. The van der Waals surface area contributed by atoms with Gasteiger partial charge in [-0.25, -0.2) is 44.3 Å². The molecular formula is C105H109F12N11O18. The topological polar surface area (TPSA) is 359 Å². The molecule has 8 aliphatic carbocycles. The average Bonchev–Trinajstić information content (AvgIpc) is 1.53. The molecule has 0 radical (unpaired) electrons. The van der Waals surface area contributed by atoms with Crippen molar-refractivity contribution in [1.82, 2.24) is 53.8 Å². The summed E-state index contributed by atoms with van der Waals surface area (Å²) in [5, 5.41) is 28.0. The quantitative estimate of drug-likeness (QED) is 0.0245. The summed E-state index contributed by atoms with van der Waals surface area (Å²) in [5.41, 5.74) is -3.64. The van der Waals surface area contributed by atoms with Gasteiger partial charge in [0.25, 0.3) is 41.4 Å². The molecule has 8 aliphatic heterocycles. The molecular weight excluding hydrogens is 1930 g/mol. The van der Waals surface area contributed by atoms with Crippen LogP contribution >= 0.6 is 0 Å². The van der Waals surface area contributed by atoms with E-state index in [1.165, 1.54) is 40.3 Å². The lowest BCUT2D eigenvalue weighted by Crippen LogP contribution is -2.53. The highest BCUT2D eigenvalue weighted by atomic mass is 19.4. The number of aromatic hydroxyl groups is 2. The number of aromatic nitrogens is 4. The van der Waals surface area contributed by atoms with Crippen LogP contribution < -0.4 is 47.1 Å². The molecule has 776 valence electrons. The zero-order valence-corrected chi connectivity index (χ0v) is 73.9. The monoisotopic (exact) mass is 2040 g/mol. The van der Waals surface area contributed by atoms with Crippen LogP contribution in [0.3, 0.4) is 0 Å². The fraction of sp³-hybridized carbons (Fsp3) is 0.438. The molecule has 4 saturated heterocycles. The minimum absolute atomic E-state index is 0. The summed E-state index contributed by atoms with van der Waals surface area (Å²) in [6.07, 6.45) is 8.01. The molecule has 9 aromatic rings. The van der Waals surface area contributed by atoms with Crippen LogP contribution in [0.25, 0.3) is 0 Å². The van der Waals surface area contributed by atoms with Crippen molar-refractivity contribution in [3.8, 4) is 23.0 Å². The van der Waals surface area contributed by atoms with Crippen molar-refractivity contribution in [2.45, 2.75) is 216 Å². The summed E-state index contributed by atoms with van der Waals surface area (Å²) < 4.78 is 176. The number of aldehydes is 1. The molecule has 12 fully saturated rings. The van der Waals surface area contributed by atoms with E-state index in [4.69, 9.17) is 19.0 Å². The molecule has 5 N–H and O–H groups in total. The van der Waals surface area contributed by atoms with Crippen molar-refractivity contribution in [2.75, 3.05) is 6.61 Å². The molecule has 8 unspecified atom stereocenters. The number of alkyl halides is 3. The van der Waals surface area contributed by atoms with Crippen LogP contribution in [0.5, 0.6) is 23.0 Å². The Balaban J connectivity index is 0.000000142. The van der Waals surface area contributed by atoms with Crippen LogP contribution in [0.4, 0.5) is 52.7 Å². The Morgan fingerprint density at radius 3 is 0.897 bits per heavy atom. The van der Waals surface area contributed by atoms with Crippen LogP contribution in [-0.4, -0.2) is 163 Å². The van der Waals surface area contributed by atoms with Crippen LogP contribution in [0.15, 0.2) is 141 Å². The Bertz CT molecular complexity index is 6890. The number of nitrogens with one attached hydrogen (secondary N) is 3. The van der Waals surface area contributed by atoms with Crippen molar-refractivity contribution in [2.24, 2.45) is 71.0 Å². The standard InChI is InChI=1S/C29H24F3N3O4.C24H24N2O5.2C22H18F3N3O4.C2HF3O.6CH4/c30-20-9-22(32)21(31)6-15(20)10-33-28(37)19-11-34-12-24-18-8-23(17-7-16(17)18)35(24)29(38)25(34)27(26(19)36)39-13-14-4-2-1-3-5-14;1-2-30-24(29)17-10-25-11-19-16-9-18(15-8-14(15)16)26(19)23(28)20(25)22(21(17)27)31-12-13-6-4-3-5-7-13;2*23-13-4-15(25)14(24)1-8(13)5-26-21(31)12-6-27-7-17-11-3-16(10-2-9(10)11)28(17)22(32)18(27)20(30)19(12)29;3-2(4,5)1-6;;;;;;/h1-6,9,11,16-18,23-24H,7-8,10,12-13H2,(H,33,37);3-7,10,14-16,18-19H,2,8-9,11-12H2,1H3;2*1,4,6,9-11,16-17,30H,2-3,5,7H2,(H,26,31);1H;6*1H4/t16-,17+,18?,23?,24+;14-,15+,16?,18?,19+;2*9-,10+,11?,16?,17+;;;;;;;/m1111......./s1. The minimum atomic E-state index is -4.64. The maximum atomic E-state index is 14.1. The third-order valence-corrected chi connectivity index (χ3v) is 31.3. The number of fused-ring (bicyclic) bond motifs is 36. The van der Waals surface area contributed by atoms with E-state index in [0.717, 1.165) is 62.0 Å². The number of amides is 7. The number of ether oxygens (including phenoxy) is 3. The number of halogens is 12. The number of hydrogen-bond acceptors (Lipinski definition) is 18. The highest BCUT2D eigenvalue weighted by Crippen LogP contribution is 2.68. The van der Waals surface area contributed by atoms with E-state index in [9.17, 15) is 120 Å².